The van der Waals surface area contributed by atoms with Gasteiger partial charge in [0.15, 0.2) is 11.6 Å². The van der Waals surface area contributed by atoms with E-state index in [1.165, 1.54) is 29.2 Å². The minimum atomic E-state index is -4.26. The van der Waals surface area contributed by atoms with Gasteiger partial charge in [0, 0.05) is 35.7 Å². The molecule has 0 aliphatic carbocycles. The number of amides is 1. The molecule has 2 aromatic rings. The summed E-state index contributed by atoms with van der Waals surface area (Å²) in [5.41, 5.74) is 0.925. The number of benzene rings is 2. The second-order valence-corrected chi connectivity index (χ2v) is 11.4. The third kappa shape index (κ3) is 4.48. The molecule has 3 heterocycles. The molecule has 11 heteroatoms. The number of carbonyl (C=O) groups is 1. The summed E-state index contributed by atoms with van der Waals surface area (Å²) in [6.45, 7) is 0.158. The maximum absolute atomic E-state index is 15.1. The van der Waals surface area contributed by atoms with Crippen LogP contribution in [0.3, 0.4) is 0 Å². The van der Waals surface area contributed by atoms with E-state index in [9.17, 15) is 13.2 Å². The number of carbonyl (C=O) groups excluding carboxylic acids is 1. The zero-order chi connectivity index (χ0) is 24.0. The van der Waals surface area contributed by atoms with Crippen LogP contribution in [-0.4, -0.2) is 55.3 Å². The van der Waals surface area contributed by atoms with Gasteiger partial charge in [0.2, 0.25) is 0 Å². The minimum absolute atomic E-state index is 0.00555. The Bertz CT molecular complexity index is 1170. The maximum atomic E-state index is 15.1. The summed E-state index contributed by atoms with van der Waals surface area (Å²) < 4.78 is 67.0. The van der Waals surface area contributed by atoms with Crippen LogP contribution in [0.4, 0.5) is 25.0 Å². The summed E-state index contributed by atoms with van der Waals surface area (Å²) in [6, 6.07) is 8.43. The van der Waals surface area contributed by atoms with Gasteiger partial charge in [-0.25, -0.2) is 13.6 Å². The SMILES string of the molecule is O=C1OC(CCc2ccc(S(=O)(=O)O)cc2)CN1c1cc(F)c(N2C3CCC2CSC3)c(F)c1. The topological polar surface area (TPSA) is 87.1 Å². The molecule has 5 rings (SSSR count). The number of hydrogen-bond acceptors (Lipinski definition) is 6. The Labute approximate surface area is 200 Å². The molecule has 1 N–H and O–H groups in total. The second-order valence-electron chi connectivity index (χ2n) is 8.86. The fourth-order valence-corrected chi connectivity index (χ4v) is 6.80. The van der Waals surface area contributed by atoms with Crippen molar-refractivity contribution in [2.75, 3.05) is 27.9 Å². The molecule has 3 saturated heterocycles. The van der Waals surface area contributed by atoms with Crippen LogP contribution in [0.5, 0.6) is 0 Å². The van der Waals surface area contributed by atoms with Crippen molar-refractivity contribution in [3.8, 4) is 0 Å². The quantitative estimate of drug-likeness (QED) is 0.582. The second kappa shape index (κ2) is 9.01. The van der Waals surface area contributed by atoms with E-state index in [2.05, 4.69) is 0 Å². The molecule has 182 valence electrons. The van der Waals surface area contributed by atoms with Crippen LogP contribution in [0.25, 0.3) is 0 Å². The Kier molecular flexibility index (Phi) is 6.19. The first-order chi connectivity index (χ1) is 16.2. The van der Waals surface area contributed by atoms with Crippen molar-refractivity contribution < 1.29 is 31.3 Å². The molecule has 0 saturated carbocycles. The standard InChI is InChI=1S/C23H24F2N2O5S2/c24-20-9-17(10-21(25)22(20)27-15-4-5-16(27)13-33-12-15)26-11-18(32-23(26)28)6-1-14-2-7-19(8-3-14)34(29,30)31/h2-3,7-10,15-16,18H,1,4-6,11-13H2,(H,29,30,31). The van der Waals surface area contributed by atoms with E-state index in [0.717, 1.165) is 29.9 Å². The summed E-state index contributed by atoms with van der Waals surface area (Å²) in [6.07, 6.45) is 1.66. The van der Waals surface area contributed by atoms with Crippen molar-refractivity contribution >= 4 is 39.3 Å². The van der Waals surface area contributed by atoms with Gasteiger partial charge in [-0.15, -0.1) is 0 Å². The average molecular weight is 511 g/mol. The first-order valence-corrected chi connectivity index (χ1v) is 13.7. The van der Waals surface area contributed by atoms with Crippen LogP contribution in [-0.2, 0) is 21.3 Å². The molecular formula is C23H24F2N2O5S2. The number of ether oxygens (including phenoxy) is 1. The van der Waals surface area contributed by atoms with E-state index < -0.39 is 33.9 Å². The van der Waals surface area contributed by atoms with Gasteiger partial charge in [0.25, 0.3) is 10.1 Å². The van der Waals surface area contributed by atoms with Gasteiger partial charge in [-0.3, -0.25) is 9.45 Å². The third-order valence-electron chi connectivity index (χ3n) is 6.66. The molecule has 34 heavy (non-hydrogen) atoms. The summed E-state index contributed by atoms with van der Waals surface area (Å²) in [4.78, 5) is 15.3. The number of fused-ring (bicyclic) bond motifs is 2. The van der Waals surface area contributed by atoms with Gasteiger partial charge >= 0.3 is 6.09 Å². The first kappa shape index (κ1) is 23.4. The highest BCUT2D eigenvalue weighted by Crippen LogP contribution is 2.41. The molecule has 3 unspecified atom stereocenters. The fraction of sp³-hybridized carbons (Fsp3) is 0.435. The smallest absolute Gasteiger partial charge is 0.414 e. The molecule has 7 nitrogen and oxygen atoms in total. The predicted molar refractivity (Wildman–Crippen MR) is 125 cm³/mol. The summed E-state index contributed by atoms with van der Waals surface area (Å²) in [7, 11) is -4.26. The van der Waals surface area contributed by atoms with E-state index >= 15 is 8.78 Å². The Balaban J connectivity index is 1.26. The Morgan fingerprint density at radius 2 is 1.68 bits per heavy atom. The molecule has 3 atom stereocenters. The number of hydrogen-bond donors (Lipinski definition) is 1. The van der Waals surface area contributed by atoms with Gasteiger partial charge in [-0.1, -0.05) is 12.1 Å². The van der Waals surface area contributed by atoms with Crippen molar-refractivity contribution in [3.05, 3.63) is 53.6 Å². The van der Waals surface area contributed by atoms with Gasteiger partial charge < -0.3 is 9.64 Å². The lowest BCUT2D eigenvalue weighted by Crippen LogP contribution is -2.43. The van der Waals surface area contributed by atoms with E-state index in [-0.39, 0.29) is 34.9 Å². The Morgan fingerprint density at radius 3 is 2.26 bits per heavy atom. The fourth-order valence-electron chi connectivity index (χ4n) is 4.99. The van der Waals surface area contributed by atoms with Crippen molar-refractivity contribution in [3.63, 3.8) is 0 Å². The Hall–Kier alpha value is -2.37. The van der Waals surface area contributed by atoms with Gasteiger partial charge in [-0.2, -0.15) is 20.2 Å². The van der Waals surface area contributed by atoms with Crippen molar-refractivity contribution in [1.82, 2.24) is 0 Å². The monoisotopic (exact) mass is 510 g/mol. The van der Waals surface area contributed by atoms with Crippen molar-refractivity contribution in [2.24, 2.45) is 0 Å². The molecule has 0 aromatic heterocycles. The molecule has 2 aromatic carbocycles. The number of aryl methyl sites for hydroxylation is 1. The van der Waals surface area contributed by atoms with Gasteiger partial charge in [0.05, 0.1) is 17.1 Å². The number of halogens is 2. The molecule has 0 spiro atoms. The lowest BCUT2D eigenvalue weighted by molar-refractivity contribution is 0.137. The Morgan fingerprint density at radius 1 is 1.06 bits per heavy atom. The minimum Gasteiger partial charge on any atom is -0.444 e. The van der Waals surface area contributed by atoms with Crippen molar-refractivity contribution in [2.45, 2.75) is 48.8 Å². The van der Waals surface area contributed by atoms with Gasteiger partial charge in [0.1, 0.15) is 11.8 Å². The highest BCUT2D eigenvalue weighted by Gasteiger charge is 2.40. The van der Waals surface area contributed by atoms with Crippen LogP contribution in [0.2, 0.25) is 0 Å². The first-order valence-electron chi connectivity index (χ1n) is 11.1. The molecule has 2 bridgehead atoms. The molecule has 3 aliphatic heterocycles. The molecular weight excluding hydrogens is 486 g/mol. The van der Waals surface area contributed by atoms with Crippen molar-refractivity contribution in [1.29, 1.82) is 0 Å². The van der Waals surface area contributed by atoms with E-state index in [1.807, 2.05) is 16.7 Å². The number of nitrogens with zero attached hydrogens (tertiary/aromatic N) is 2. The summed E-state index contributed by atoms with van der Waals surface area (Å²) in [5, 5.41) is 0. The average Bonchev–Trinajstić information content (AvgIpc) is 3.26. The number of thioether (sulfide) groups is 1. The van der Waals surface area contributed by atoms with Crippen LogP contribution in [0, 0.1) is 11.6 Å². The lowest BCUT2D eigenvalue weighted by Gasteiger charge is -2.37. The lowest BCUT2D eigenvalue weighted by atomic mass is 10.1. The molecule has 3 aliphatic rings. The van der Waals surface area contributed by atoms with Crippen LogP contribution < -0.4 is 9.80 Å². The summed E-state index contributed by atoms with van der Waals surface area (Å²) >= 11 is 1.82. The normalized spacial score (nSPS) is 24.6. The molecule has 0 radical (unpaired) electrons. The zero-order valence-corrected chi connectivity index (χ0v) is 19.8. The van der Waals surface area contributed by atoms with Crippen LogP contribution in [0.15, 0.2) is 41.3 Å². The molecule has 1 amide bonds. The number of rotatable bonds is 6. The maximum Gasteiger partial charge on any atom is 0.414 e. The number of cyclic esters (lactones) is 1. The van der Waals surface area contributed by atoms with E-state index in [1.54, 1.807) is 12.1 Å². The molecule has 3 fully saturated rings. The summed E-state index contributed by atoms with van der Waals surface area (Å²) in [5.74, 6) is 0.369. The van der Waals surface area contributed by atoms with Crippen LogP contribution in [0.1, 0.15) is 24.8 Å². The van der Waals surface area contributed by atoms with E-state index in [0.29, 0.717) is 12.8 Å². The third-order valence-corrected chi connectivity index (χ3v) is 8.77. The van der Waals surface area contributed by atoms with Gasteiger partial charge in [-0.05, 0) is 43.4 Å². The largest absolute Gasteiger partial charge is 0.444 e. The predicted octanol–water partition coefficient (Wildman–Crippen LogP) is 4.25. The number of anilines is 2. The van der Waals surface area contributed by atoms with E-state index in [4.69, 9.17) is 9.29 Å². The highest BCUT2D eigenvalue weighted by atomic mass is 32.2. The highest BCUT2D eigenvalue weighted by molar-refractivity contribution is 7.99. The van der Waals surface area contributed by atoms with Crippen LogP contribution >= 0.6 is 11.8 Å². The zero-order valence-electron chi connectivity index (χ0n) is 18.2.